The number of benzene rings is 3. The number of nitrogens with zero attached hydrogens (tertiary/aromatic N) is 2. The first-order valence-corrected chi connectivity index (χ1v) is 13.9. The van der Waals surface area contributed by atoms with Gasteiger partial charge in [-0.15, -0.1) is 0 Å². The van der Waals surface area contributed by atoms with E-state index in [-0.39, 0.29) is 43.4 Å². The van der Waals surface area contributed by atoms with Gasteiger partial charge in [0.15, 0.2) is 0 Å². The summed E-state index contributed by atoms with van der Waals surface area (Å²) < 4.78 is 5.66. The highest BCUT2D eigenvalue weighted by atomic mass is 16.5. The fraction of sp³-hybridized carbons (Fsp3) is 0.344. The summed E-state index contributed by atoms with van der Waals surface area (Å²) in [5.74, 6) is -1.35. The summed E-state index contributed by atoms with van der Waals surface area (Å²) in [6.07, 6.45) is -0.0299. The van der Waals surface area contributed by atoms with Crippen molar-refractivity contribution in [3.63, 3.8) is 0 Å². The van der Waals surface area contributed by atoms with E-state index in [0.29, 0.717) is 6.54 Å². The number of carbonyl (C=O) groups is 3. The Morgan fingerprint density at radius 2 is 1.52 bits per heavy atom. The molecule has 0 saturated carbocycles. The van der Waals surface area contributed by atoms with E-state index in [1.54, 1.807) is 0 Å². The maximum Gasteiger partial charge on any atom is 0.407 e. The minimum Gasteiger partial charge on any atom is -0.481 e. The van der Waals surface area contributed by atoms with Crippen molar-refractivity contribution in [2.75, 3.05) is 19.7 Å². The first-order chi connectivity index (χ1) is 19.5. The Bertz CT molecular complexity index is 1360. The van der Waals surface area contributed by atoms with Crippen molar-refractivity contribution in [2.45, 2.75) is 49.9 Å². The lowest BCUT2D eigenvalue weighted by Crippen LogP contribution is -2.55. The quantitative estimate of drug-likeness (QED) is 0.422. The van der Waals surface area contributed by atoms with Gasteiger partial charge in [-0.1, -0.05) is 78.9 Å². The van der Waals surface area contributed by atoms with Crippen molar-refractivity contribution in [3.8, 4) is 11.1 Å². The van der Waals surface area contributed by atoms with Gasteiger partial charge < -0.3 is 20.1 Å². The van der Waals surface area contributed by atoms with E-state index in [1.807, 2.05) is 59.5 Å². The Morgan fingerprint density at radius 1 is 0.875 bits per heavy atom. The molecular weight excluding hydrogens is 506 g/mol. The molecule has 0 radical (unpaired) electrons. The highest BCUT2D eigenvalue weighted by Crippen LogP contribution is 2.44. The fourth-order valence-corrected chi connectivity index (χ4v) is 6.54. The molecule has 8 nitrogen and oxygen atoms in total. The summed E-state index contributed by atoms with van der Waals surface area (Å²) >= 11 is 0. The molecule has 2 amide bonds. The molecule has 0 aromatic heterocycles. The lowest BCUT2D eigenvalue weighted by Gasteiger charge is -2.36. The molecule has 8 heteroatoms. The Labute approximate surface area is 233 Å². The maximum atomic E-state index is 13.6. The van der Waals surface area contributed by atoms with Crippen molar-refractivity contribution in [3.05, 3.63) is 95.6 Å². The maximum absolute atomic E-state index is 13.6. The zero-order chi connectivity index (χ0) is 27.6. The molecule has 2 fully saturated rings. The summed E-state index contributed by atoms with van der Waals surface area (Å²) in [6, 6.07) is 25.8. The number of likely N-dealkylation sites (tertiary alicyclic amines) is 2. The second-order valence-corrected chi connectivity index (χ2v) is 10.9. The van der Waals surface area contributed by atoms with E-state index in [0.717, 1.165) is 41.8 Å². The largest absolute Gasteiger partial charge is 0.481 e. The van der Waals surface area contributed by atoms with Crippen molar-refractivity contribution < 1.29 is 24.2 Å². The van der Waals surface area contributed by atoms with Crippen molar-refractivity contribution in [1.82, 2.24) is 15.1 Å². The van der Waals surface area contributed by atoms with Gasteiger partial charge in [0.2, 0.25) is 5.91 Å². The number of carboxylic acid groups (broad SMARTS) is 1. The molecular formula is C32H33N3O5. The zero-order valence-electron chi connectivity index (χ0n) is 22.2. The Balaban J connectivity index is 1.09. The average Bonchev–Trinajstić information content (AvgIpc) is 3.65. The van der Waals surface area contributed by atoms with Crippen LogP contribution in [0.4, 0.5) is 4.79 Å². The van der Waals surface area contributed by atoms with Gasteiger partial charge >= 0.3 is 12.1 Å². The molecule has 2 saturated heterocycles. The summed E-state index contributed by atoms with van der Waals surface area (Å²) in [4.78, 5) is 42.1. The summed E-state index contributed by atoms with van der Waals surface area (Å²) in [7, 11) is 0. The molecule has 2 aliphatic heterocycles. The van der Waals surface area contributed by atoms with Crippen molar-refractivity contribution in [1.29, 1.82) is 0 Å². The van der Waals surface area contributed by atoms with Gasteiger partial charge in [0.05, 0.1) is 0 Å². The summed E-state index contributed by atoms with van der Waals surface area (Å²) in [5, 5.41) is 12.0. The van der Waals surface area contributed by atoms with Gasteiger partial charge in [-0.3, -0.25) is 14.5 Å². The Hall–Kier alpha value is -4.17. The lowest BCUT2D eigenvalue weighted by atomic mass is 9.98. The van der Waals surface area contributed by atoms with Crippen LogP contribution in [0, 0.1) is 0 Å². The standard InChI is InChI=1S/C32H33N3O5/c36-30(37)15-14-29(31(38)35-19-22-16-23(35)18-34(22)17-21-8-2-1-3-9-21)33-32(39)40-20-28-26-12-6-4-10-24(26)25-11-5-7-13-27(25)28/h1-13,22-23,28-29H,14-20H2,(H,33,39)(H,36,37). The van der Waals surface area contributed by atoms with Crippen LogP contribution in [0.15, 0.2) is 78.9 Å². The lowest BCUT2D eigenvalue weighted by molar-refractivity contribution is -0.138. The fourth-order valence-electron chi connectivity index (χ4n) is 6.54. The molecule has 3 aromatic carbocycles. The number of hydrogen-bond donors (Lipinski definition) is 2. The van der Waals surface area contributed by atoms with E-state index >= 15 is 0 Å². The highest BCUT2D eigenvalue weighted by molar-refractivity contribution is 5.87. The van der Waals surface area contributed by atoms with Gasteiger partial charge in [0.25, 0.3) is 0 Å². The molecule has 2 bridgehead atoms. The third-order valence-electron chi connectivity index (χ3n) is 8.45. The number of nitrogens with one attached hydrogen (secondary N) is 1. The number of rotatable bonds is 9. The van der Waals surface area contributed by atoms with Crippen LogP contribution >= 0.6 is 0 Å². The number of piperazine rings is 1. The molecule has 1 aliphatic carbocycles. The molecule has 40 heavy (non-hydrogen) atoms. The highest BCUT2D eigenvalue weighted by Gasteiger charge is 2.46. The normalized spacial score (nSPS) is 20.1. The predicted octanol–water partition coefficient (Wildman–Crippen LogP) is 4.24. The number of carbonyl (C=O) groups excluding carboxylic acids is 2. The summed E-state index contributed by atoms with van der Waals surface area (Å²) in [5.41, 5.74) is 5.70. The molecule has 0 spiro atoms. The molecule has 3 aromatic rings. The summed E-state index contributed by atoms with van der Waals surface area (Å²) in [6.45, 7) is 2.31. The van der Waals surface area contributed by atoms with Crippen LogP contribution < -0.4 is 5.32 Å². The average molecular weight is 540 g/mol. The second kappa shape index (κ2) is 11.1. The van der Waals surface area contributed by atoms with E-state index in [9.17, 15) is 19.5 Å². The van der Waals surface area contributed by atoms with Crippen LogP contribution in [0.2, 0.25) is 0 Å². The van der Waals surface area contributed by atoms with Gasteiger partial charge in [-0.25, -0.2) is 4.79 Å². The molecule has 3 atom stereocenters. The third kappa shape index (κ3) is 5.19. The van der Waals surface area contributed by atoms with Crippen LogP contribution in [0.1, 0.15) is 41.9 Å². The predicted molar refractivity (Wildman–Crippen MR) is 150 cm³/mol. The van der Waals surface area contributed by atoms with Gasteiger partial charge in [-0.05, 0) is 40.7 Å². The van der Waals surface area contributed by atoms with E-state index in [2.05, 4.69) is 34.5 Å². The van der Waals surface area contributed by atoms with Crippen molar-refractivity contribution >= 4 is 18.0 Å². The molecule has 3 aliphatic rings. The Kier molecular flexibility index (Phi) is 7.26. The second-order valence-electron chi connectivity index (χ2n) is 10.9. The van der Waals surface area contributed by atoms with Crippen LogP contribution in [0.3, 0.4) is 0 Å². The molecule has 2 heterocycles. The minimum absolute atomic E-state index is 0.0139. The van der Waals surface area contributed by atoms with Crippen LogP contribution in [0.5, 0.6) is 0 Å². The van der Waals surface area contributed by atoms with E-state index in [4.69, 9.17) is 4.74 Å². The number of alkyl carbamates (subject to hydrolysis) is 1. The number of hydrogen-bond acceptors (Lipinski definition) is 5. The number of carboxylic acids is 1. The SMILES string of the molecule is O=C(O)CCC(NC(=O)OCC1c2ccccc2-c2ccccc21)C(=O)N1CC2CC1CN2Cc1ccccc1. The first kappa shape index (κ1) is 26.1. The minimum atomic E-state index is -1.01. The van der Waals surface area contributed by atoms with Gasteiger partial charge in [-0.2, -0.15) is 0 Å². The smallest absolute Gasteiger partial charge is 0.407 e. The van der Waals surface area contributed by atoms with Crippen LogP contribution in [-0.4, -0.2) is 70.7 Å². The molecule has 206 valence electrons. The van der Waals surface area contributed by atoms with Crippen molar-refractivity contribution in [2.24, 2.45) is 0 Å². The van der Waals surface area contributed by atoms with Gasteiger partial charge in [0.1, 0.15) is 12.6 Å². The topological polar surface area (TPSA) is 99.2 Å². The number of ether oxygens (including phenoxy) is 1. The van der Waals surface area contributed by atoms with Crippen LogP contribution in [-0.2, 0) is 20.9 Å². The van der Waals surface area contributed by atoms with Crippen LogP contribution in [0.25, 0.3) is 11.1 Å². The van der Waals surface area contributed by atoms with E-state index < -0.39 is 18.1 Å². The Morgan fingerprint density at radius 3 is 2.15 bits per heavy atom. The molecule has 3 unspecified atom stereocenters. The number of amides is 2. The number of fused-ring (bicyclic) bond motifs is 5. The van der Waals surface area contributed by atoms with Gasteiger partial charge in [0, 0.05) is 44.1 Å². The zero-order valence-corrected chi connectivity index (χ0v) is 22.2. The monoisotopic (exact) mass is 539 g/mol. The first-order valence-electron chi connectivity index (χ1n) is 13.9. The molecule has 6 rings (SSSR count). The molecule has 2 N–H and O–H groups in total. The number of aliphatic carboxylic acids is 1. The van der Waals surface area contributed by atoms with E-state index in [1.165, 1.54) is 5.56 Å². The third-order valence-corrected chi connectivity index (χ3v) is 8.45.